The van der Waals surface area contributed by atoms with Gasteiger partial charge in [0.05, 0.1) is 17.0 Å². The normalized spacial score (nSPS) is 26.6. The summed E-state index contributed by atoms with van der Waals surface area (Å²) in [4.78, 5) is 37.0. The molecule has 222 valence electrons. The molecule has 14 heteroatoms. The molecule has 2 bridgehead atoms. The van der Waals surface area contributed by atoms with E-state index < -0.39 is 54.1 Å². The summed E-state index contributed by atoms with van der Waals surface area (Å²) in [6, 6.07) is -1.50. The highest BCUT2D eigenvalue weighted by Crippen LogP contribution is 2.44. The van der Waals surface area contributed by atoms with Crippen molar-refractivity contribution in [2.45, 2.75) is 101 Å². The summed E-state index contributed by atoms with van der Waals surface area (Å²) in [5.41, 5.74) is -0.922. The number of amides is 2. The highest BCUT2D eigenvalue weighted by molar-refractivity contribution is 7.17. The zero-order valence-electron chi connectivity index (χ0n) is 22.0. The summed E-state index contributed by atoms with van der Waals surface area (Å²) in [7, 11) is 0. The van der Waals surface area contributed by atoms with Crippen LogP contribution in [0.1, 0.15) is 90.1 Å². The van der Waals surface area contributed by atoms with Gasteiger partial charge in [-0.1, -0.05) is 0 Å². The molecule has 0 radical (unpaired) electrons. The molecule has 4 fully saturated rings. The van der Waals surface area contributed by atoms with Crippen molar-refractivity contribution in [3.8, 4) is 10.4 Å². The number of fused-ring (bicyclic) bond motifs is 2. The van der Waals surface area contributed by atoms with E-state index in [9.17, 15) is 36.6 Å². The van der Waals surface area contributed by atoms with E-state index in [0.717, 1.165) is 55.7 Å². The van der Waals surface area contributed by atoms with E-state index >= 15 is 0 Å². The molecule has 2 saturated heterocycles. The molecule has 3 N–H and O–H groups in total. The van der Waals surface area contributed by atoms with Crippen LogP contribution in [0.5, 0.6) is 0 Å². The molecular formula is C27H30F5N5O3S. The Hall–Kier alpha value is -2.87. The van der Waals surface area contributed by atoms with Crippen LogP contribution >= 0.6 is 11.3 Å². The van der Waals surface area contributed by atoms with Crippen molar-refractivity contribution in [3.05, 3.63) is 28.5 Å². The Bertz CT molecular complexity index is 1310. The Kier molecular flexibility index (Phi) is 7.41. The van der Waals surface area contributed by atoms with Gasteiger partial charge in [-0.05, 0) is 69.8 Å². The van der Waals surface area contributed by atoms with Gasteiger partial charge in [-0.15, -0.1) is 11.3 Å². The number of pyridine rings is 1. The molecule has 2 aliphatic carbocycles. The van der Waals surface area contributed by atoms with Crippen molar-refractivity contribution in [1.29, 1.82) is 0 Å². The number of aliphatic hydroxyl groups excluding tert-OH is 1. The first-order valence-electron chi connectivity index (χ1n) is 14.0. The Morgan fingerprint density at radius 1 is 1.05 bits per heavy atom. The Morgan fingerprint density at radius 2 is 1.73 bits per heavy atom. The van der Waals surface area contributed by atoms with Crippen molar-refractivity contribution in [3.63, 3.8) is 0 Å². The number of thiazole rings is 1. The standard InChI is InChI=1S/C27H30F5N5O3S/c28-23(29)15-10-19(35-22(12-4-5-12)27(30,31)32)33-11-16(15)21-20(26(40)37-13-6-7-14(37)9-8-13)36-25(41-21)24(39)34-17-2-1-3-18(17)38/h10-14,17-18,22-23,38H,1-9H2,(H,33,35)(H,34,39)/t13?,14?,17-,18-,22-/m0/s1. The quantitative estimate of drug-likeness (QED) is 0.356. The van der Waals surface area contributed by atoms with E-state index in [1.165, 1.54) is 0 Å². The molecule has 3 atom stereocenters. The smallest absolute Gasteiger partial charge is 0.391 e. The van der Waals surface area contributed by atoms with Crippen LogP contribution < -0.4 is 10.6 Å². The van der Waals surface area contributed by atoms with Crippen LogP contribution in [0, 0.1) is 5.92 Å². The van der Waals surface area contributed by atoms with E-state index in [2.05, 4.69) is 20.6 Å². The summed E-state index contributed by atoms with van der Waals surface area (Å²) in [5, 5.41) is 15.0. The number of hydrogen-bond donors (Lipinski definition) is 3. The summed E-state index contributed by atoms with van der Waals surface area (Å²) in [6.07, 6.45) is -1.46. The van der Waals surface area contributed by atoms with Gasteiger partial charge in [-0.3, -0.25) is 9.59 Å². The fourth-order valence-corrected chi connectivity index (χ4v) is 7.42. The van der Waals surface area contributed by atoms with Gasteiger partial charge in [0, 0.05) is 29.4 Å². The fourth-order valence-electron chi connectivity index (χ4n) is 6.43. The number of rotatable bonds is 8. The van der Waals surface area contributed by atoms with Crippen LogP contribution in [0.15, 0.2) is 12.3 Å². The van der Waals surface area contributed by atoms with Crippen molar-refractivity contribution in [2.24, 2.45) is 5.92 Å². The summed E-state index contributed by atoms with van der Waals surface area (Å²) in [5.74, 6) is -2.09. The molecule has 41 heavy (non-hydrogen) atoms. The molecule has 0 spiro atoms. The lowest BCUT2D eigenvalue weighted by Gasteiger charge is -2.23. The number of aromatic nitrogens is 2. The summed E-state index contributed by atoms with van der Waals surface area (Å²) in [6.45, 7) is 0. The van der Waals surface area contributed by atoms with Crippen molar-refractivity contribution in [1.82, 2.24) is 20.2 Å². The number of aliphatic hydroxyl groups is 1. The predicted molar refractivity (Wildman–Crippen MR) is 140 cm³/mol. The van der Waals surface area contributed by atoms with Crippen LogP contribution in [-0.4, -0.2) is 68.2 Å². The van der Waals surface area contributed by atoms with Gasteiger partial charge in [0.25, 0.3) is 18.2 Å². The van der Waals surface area contributed by atoms with Crippen molar-refractivity contribution >= 4 is 29.0 Å². The number of anilines is 1. The minimum atomic E-state index is -4.58. The SMILES string of the molecule is O=C(N[C@H]1CCC[C@@H]1O)c1nc(C(=O)N2C3CCC2CC3)c(-c2cnc(N[C@@H](C3CC3)C(F)(F)F)cc2C(F)F)s1. The lowest BCUT2D eigenvalue weighted by Crippen LogP contribution is -2.40. The van der Waals surface area contributed by atoms with Crippen molar-refractivity contribution < 1.29 is 36.6 Å². The van der Waals surface area contributed by atoms with E-state index in [0.29, 0.717) is 25.7 Å². The van der Waals surface area contributed by atoms with E-state index in [-0.39, 0.29) is 39.0 Å². The number of nitrogens with one attached hydrogen (secondary N) is 2. The second-order valence-corrected chi connectivity index (χ2v) is 12.4. The first-order chi connectivity index (χ1) is 19.5. The molecule has 2 amide bonds. The maximum Gasteiger partial charge on any atom is 0.408 e. The highest BCUT2D eigenvalue weighted by atomic mass is 32.1. The third-order valence-corrected chi connectivity index (χ3v) is 9.76. The Morgan fingerprint density at radius 3 is 2.29 bits per heavy atom. The molecule has 2 aromatic heterocycles. The molecule has 6 rings (SSSR count). The number of hydrogen-bond acceptors (Lipinski definition) is 7. The largest absolute Gasteiger partial charge is 0.408 e. The van der Waals surface area contributed by atoms with Gasteiger partial charge >= 0.3 is 6.18 Å². The average molecular weight is 600 g/mol. The number of alkyl halides is 5. The zero-order valence-corrected chi connectivity index (χ0v) is 22.8. The summed E-state index contributed by atoms with van der Waals surface area (Å²) >= 11 is 0.760. The second-order valence-electron chi connectivity index (χ2n) is 11.4. The first kappa shape index (κ1) is 28.3. The van der Waals surface area contributed by atoms with Gasteiger partial charge in [0.2, 0.25) is 0 Å². The number of halogens is 5. The van der Waals surface area contributed by atoms with Crippen LogP contribution in [0.25, 0.3) is 10.4 Å². The molecule has 0 unspecified atom stereocenters. The Labute approximate surface area is 236 Å². The predicted octanol–water partition coefficient (Wildman–Crippen LogP) is 5.31. The van der Waals surface area contributed by atoms with E-state index in [1.807, 2.05) is 0 Å². The molecule has 4 aliphatic rings. The molecular weight excluding hydrogens is 569 g/mol. The van der Waals surface area contributed by atoms with Crippen molar-refractivity contribution in [2.75, 3.05) is 5.32 Å². The number of carbonyl (C=O) groups is 2. The molecule has 2 aliphatic heterocycles. The van der Waals surface area contributed by atoms with Crippen LogP contribution in [0.2, 0.25) is 0 Å². The van der Waals surface area contributed by atoms with E-state index in [1.54, 1.807) is 4.90 Å². The average Bonchev–Trinajstić information content (AvgIpc) is 3.24. The maximum absolute atomic E-state index is 14.4. The van der Waals surface area contributed by atoms with Gasteiger partial charge in [0.15, 0.2) is 5.01 Å². The Balaban J connectivity index is 1.37. The zero-order chi connectivity index (χ0) is 29.1. The molecule has 0 aromatic carbocycles. The molecule has 2 aromatic rings. The van der Waals surface area contributed by atoms with Crippen LogP contribution in [-0.2, 0) is 0 Å². The number of carbonyl (C=O) groups excluding carboxylic acids is 2. The van der Waals surface area contributed by atoms with Crippen LogP contribution in [0.4, 0.5) is 27.8 Å². The minimum Gasteiger partial charge on any atom is -0.391 e. The maximum atomic E-state index is 14.4. The third kappa shape index (κ3) is 5.52. The highest BCUT2D eigenvalue weighted by Gasteiger charge is 2.49. The second kappa shape index (κ2) is 10.8. The van der Waals surface area contributed by atoms with Gasteiger partial charge < -0.3 is 20.6 Å². The topological polar surface area (TPSA) is 107 Å². The van der Waals surface area contributed by atoms with Crippen LogP contribution in [0.3, 0.4) is 0 Å². The van der Waals surface area contributed by atoms with Gasteiger partial charge in [-0.2, -0.15) is 13.2 Å². The fraction of sp³-hybridized carbons (Fsp3) is 0.630. The van der Waals surface area contributed by atoms with Gasteiger partial charge in [-0.25, -0.2) is 18.7 Å². The van der Waals surface area contributed by atoms with E-state index in [4.69, 9.17) is 0 Å². The van der Waals surface area contributed by atoms with Gasteiger partial charge in [0.1, 0.15) is 17.6 Å². The molecule has 2 saturated carbocycles. The molecule has 4 heterocycles. The minimum absolute atomic E-state index is 0.00829. The molecule has 8 nitrogen and oxygen atoms in total. The third-order valence-electron chi connectivity index (χ3n) is 8.67. The monoisotopic (exact) mass is 599 g/mol. The lowest BCUT2D eigenvalue weighted by molar-refractivity contribution is -0.146. The lowest BCUT2D eigenvalue weighted by atomic mass is 10.0. The summed E-state index contributed by atoms with van der Waals surface area (Å²) < 4.78 is 69.5. The first-order valence-corrected chi connectivity index (χ1v) is 14.8. The number of nitrogens with zero attached hydrogens (tertiary/aromatic N) is 3.